The number of benzene rings is 1. The lowest BCUT2D eigenvalue weighted by atomic mass is 9.60. The van der Waals surface area contributed by atoms with Gasteiger partial charge in [0.1, 0.15) is 6.23 Å². The Balaban J connectivity index is 1.77. The molecule has 0 aromatic heterocycles. The summed E-state index contributed by atoms with van der Waals surface area (Å²) in [7, 11) is 1.38. The van der Waals surface area contributed by atoms with Crippen molar-refractivity contribution in [2.45, 2.75) is 45.4 Å². The third-order valence-corrected chi connectivity index (χ3v) is 6.45. The summed E-state index contributed by atoms with van der Waals surface area (Å²) >= 11 is 0. The molecule has 4 rings (SSSR count). The van der Waals surface area contributed by atoms with E-state index >= 15 is 0 Å². The fourth-order valence-electron chi connectivity index (χ4n) is 4.90. The van der Waals surface area contributed by atoms with Gasteiger partial charge < -0.3 is 14.4 Å². The molecule has 2 heterocycles. The van der Waals surface area contributed by atoms with Gasteiger partial charge in [-0.3, -0.25) is 9.59 Å². The topological polar surface area (TPSA) is 55.8 Å². The zero-order valence-corrected chi connectivity index (χ0v) is 15.5. The Morgan fingerprint density at radius 3 is 2.65 bits per heavy atom. The summed E-state index contributed by atoms with van der Waals surface area (Å²) in [5.41, 5.74) is 2.32. The fourth-order valence-corrected chi connectivity index (χ4v) is 4.90. The number of methoxy groups -OCH3 is 1. The molecule has 0 saturated carbocycles. The van der Waals surface area contributed by atoms with Gasteiger partial charge in [0.2, 0.25) is 5.91 Å². The second-order valence-electron chi connectivity index (χ2n) is 7.76. The number of hydrogen-bond donors (Lipinski definition) is 0. The summed E-state index contributed by atoms with van der Waals surface area (Å²) in [5, 5.41) is 0. The first-order valence-electron chi connectivity index (χ1n) is 9.22. The monoisotopic (exact) mass is 355 g/mol. The Hall–Kier alpha value is -2.14. The van der Waals surface area contributed by atoms with Gasteiger partial charge in [0.05, 0.1) is 19.8 Å². The van der Waals surface area contributed by atoms with E-state index in [0.717, 1.165) is 17.6 Å². The maximum absolute atomic E-state index is 13.7. The lowest BCUT2D eigenvalue weighted by Gasteiger charge is -2.49. The average Bonchev–Trinajstić information content (AvgIpc) is 3.07. The quantitative estimate of drug-likeness (QED) is 0.464. The molecule has 0 spiro atoms. The second kappa shape index (κ2) is 6.23. The van der Waals surface area contributed by atoms with Crippen molar-refractivity contribution in [2.75, 3.05) is 13.7 Å². The highest BCUT2D eigenvalue weighted by atomic mass is 16.5. The van der Waals surface area contributed by atoms with E-state index in [1.165, 1.54) is 12.7 Å². The van der Waals surface area contributed by atoms with Crippen molar-refractivity contribution in [3.05, 3.63) is 47.0 Å². The summed E-state index contributed by atoms with van der Waals surface area (Å²) in [5.74, 6) is -0.609. The van der Waals surface area contributed by atoms with E-state index < -0.39 is 11.4 Å². The predicted molar refractivity (Wildman–Crippen MR) is 95.9 cm³/mol. The minimum atomic E-state index is -1.12. The SMILES string of the molecule is COC(=O)[C@@]12CC(C)=C(C)C[C@@H]1C[C@@H]1OC[C@@H](c3ccccc3)N1C2=O. The van der Waals surface area contributed by atoms with Crippen LogP contribution in [0.1, 0.15) is 44.7 Å². The highest BCUT2D eigenvalue weighted by molar-refractivity contribution is 6.04. The number of piperidine rings is 1. The number of fused-ring (bicyclic) bond motifs is 2. The fraction of sp³-hybridized carbons (Fsp3) is 0.524. The summed E-state index contributed by atoms with van der Waals surface area (Å²) in [6, 6.07) is 9.76. The number of rotatable bonds is 2. The van der Waals surface area contributed by atoms with E-state index in [1.807, 2.05) is 37.3 Å². The molecule has 5 heteroatoms. The van der Waals surface area contributed by atoms with E-state index in [4.69, 9.17) is 9.47 Å². The molecule has 4 atom stereocenters. The maximum atomic E-state index is 13.7. The molecule has 1 aromatic rings. The number of carbonyl (C=O) groups excluding carboxylic acids is 2. The molecular weight excluding hydrogens is 330 g/mol. The number of allylic oxidation sites excluding steroid dienone is 2. The van der Waals surface area contributed by atoms with Crippen molar-refractivity contribution in [3.8, 4) is 0 Å². The van der Waals surface area contributed by atoms with Crippen molar-refractivity contribution in [1.29, 1.82) is 0 Å². The molecule has 5 nitrogen and oxygen atoms in total. The third kappa shape index (κ3) is 2.33. The summed E-state index contributed by atoms with van der Waals surface area (Å²) in [4.78, 5) is 28.4. The standard InChI is InChI=1S/C21H25NO4/c1-13-9-16-10-18-22(17(12-26-18)15-7-5-4-6-8-15)19(23)21(16,11-14(13)2)20(24)25-3/h4-8,16-18H,9-12H2,1-3H3/t16-,17+,18+,21+/m1/s1. The van der Waals surface area contributed by atoms with Gasteiger partial charge in [0.15, 0.2) is 5.41 Å². The second-order valence-corrected chi connectivity index (χ2v) is 7.76. The summed E-state index contributed by atoms with van der Waals surface area (Å²) in [6.45, 7) is 4.58. The van der Waals surface area contributed by atoms with Gasteiger partial charge in [0.25, 0.3) is 0 Å². The van der Waals surface area contributed by atoms with Gasteiger partial charge in [-0.2, -0.15) is 0 Å². The molecule has 0 radical (unpaired) electrons. The molecule has 1 aromatic carbocycles. The Bertz CT molecular complexity index is 771. The predicted octanol–water partition coefficient (Wildman–Crippen LogP) is 3.22. The molecule has 2 saturated heterocycles. The smallest absolute Gasteiger partial charge is 0.322 e. The Morgan fingerprint density at radius 1 is 1.23 bits per heavy atom. The molecule has 1 amide bonds. The van der Waals surface area contributed by atoms with E-state index in [9.17, 15) is 9.59 Å². The van der Waals surface area contributed by atoms with Crippen LogP contribution >= 0.6 is 0 Å². The molecular formula is C21H25NO4. The molecule has 2 aliphatic heterocycles. The van der Waals surface area contributed by atoms with Crippen molar-refractivity contribution in [3.63, 3.8) is 0 Å². The first kappa shape index (κ1) is 17.3. The van der Waals surface area contributed by atoms with E-state index in [-0.39, 0.29) is 24.1 Å². The van der Waals surface area contributed by atoms with Crippen LogP contribution in [-0.4, -0.2) is 36.7 Å². The highest BCUT2D eigenvalue weighted by Crippen LogP contribution is 2.54. The van der Waals surface area contributed by atoms with Crippen LogP contribution in [0.3, 0.4) is 0 Å². The van der Waals surface area contributed by atoms with Crippen LogP contribution in [-0.2, 0) is 19.1 Å². The number of ether oxygens (including phenoxy) is 2. The van der Waals surface area contributed by atoms with Crippen LogP contribution in [0.25, 0.3) is 0 Å². The summed E-state index contributed by atoms with van der Waals surface area (Å²) in [6.07, 6.45) is 1.60. The molecule has 0 bridgehead atoms. The summed E-state index contributed by atoms with van der Waals surface area (Å²) < 4.78 is 11.1. The zero-order valence-electron chi connectivity index (χ0n) is 15.5. The van der Waals surface area contributed by atoms with Crippen LogP contribution < -0.4 is 0 Å². The van der Waals surface area contributed by atoms with Gasteiger partial charge in [-0.05, 0) is 44.6 Å². The molecule has 138 valence electrons. The molecule has 1 aliphatic carbocycles. The number of hydrogen-bond acceptors (Lipinski definition) is 4. The first-order valence-corrected chi connectivity index (χ1v) is 9.22. The lowest BCUT2D eigenvalue weighted by molar-refractivity contribution is -0.182. The number of esters is 1. The van der Waals surface area contributed by atoms with Crippen LogP contribution in [0.15, 0.2) is 41.5 Å². The van der Waals surface area contributed by atoms with Gasteiger partial charge in [0, 0.05) is 0 Å². The Morgan fingerprint density at radius 2 is 1.96 bits per heavy atom. The van der Waals surface area contributed by atoms with Gasteiger partial charge in [-0.25, -0.2) is 0 Å². The maximum Gasteiger partial charge on any atom is 0.322 e. The van der Waals surface area contributed by atoms with Crippen LogP contribution in [0, 0.1) is 11.3 Å². The highest BCUT2D eigenvalue weighted by Gasteiger charge is 2.63. The van der Waals surface area contributed by atoms with Gasteiger partial charge in [-0.1, -0.05) is 41.5 Å². The van der Waals surface area contributed by atoms with Gasteiger partial charge >= 0.3 is 5.97 Å². The largest absolute Gasteiger partial charge is 0.468 e. The van der Waals surface area contributed by atoms with Crippen LogP contribution in [0.5, 0.6) is 0 Å². The van der Waals surface area contributed by atoms with Crippen LogP contribution in [0.4, 0.5) is 0 Å². The molecule has 2 fully saturated rings. The van der Waals surface area contributed by atoms with Crippen molar-refractivity contribution in [1.82, 2.24) is 4.90 Å². The first-order chi connectivity index (χ1) is 12.5. The Labute approximate surface area is 154 Å². The third-order valence-electron chi connectivity index (χ3n) is 6.45. The normalized spacial score (nSPS) is 33.7. The van der Waals surface area contributed by atoms with Gasteiger partial charge in [-0.15, -0.1) is 0 Å². The van der Waals surface area contributed by atoms with E-state index in [2.05, 4.69) is 6.92 Å². The Kier molecular flexibility index (Phi) is 4.14. The minimum absolute atomic E-state index is 0.0677. The van der Waals surface area contributed by atoms with Crippen molar-refractivity contribution in [2.24, 2.45) is 11.3 Å². The molecule has 26 heavy (non-hydrogen) atoms. The molecule has 3 aliphatic rings. The van der Waals surface area contributed by atoms with Crippen molar-refractivity contribution < 1.29 is 19.1 Å². The number of nitrogens with zero attached hydrogens (tertiary/aromatic N) is 1. The zero-order chi connectivity index (χ0) is 18.5. The average molecular weight is 355 g/mol. The number of carbonyl (C=O) groups is 2. The van der Waals surface area contributed by atoms with Crippen molar-refractivity contribution >= 4 is 11.9 Å². The molecule has 0 N–H and O–H groups in total. The molecule has 0 unspecified atom stereocenters. The van der Waals surface area contributed by atoms with E-state index in [1.54, 1.807) is 4.90 Å². The minimum Gasteiger partial charge on any atom is -0.468 e. The van der Waals surface area contributed by atoms with Crippen LogP contribution in [0.2, 0.25) is 0 Å². The number of amides is 1. The lowest BCUT2D eigenvalue weighted by Crippen LogP contribution is -2.61. The van der Waals surface area contributed by atoms with E-state index in [0.29, 0.717) is 19.4 Å².